The van der Waals surface area contributed by atoms with E-state index in [1.165, 1.54) is 0 Å². The van der Waals surface area contributed by atoms with Crippen LogP contribution < -0.4 is 5.32 Å². The molecule has 2 atom stereocenters. The van der Waals surface area contributed by atoms with E-state index in [0.717, 1.165) is 25.8 Å². The minimum Gasteiger partial charge on any atom is -0.396 e. The van der Waals surface area contributed by atoms with Gasteiger partial charge in [0, 0.05) is 43.0 Å². The molecule has 25 heavy (non-hydrogen) atoms. The Morgan fingerprint density at radius 3 is 2.72 bits per heavy atom. The van der Waals surface area contributed by atoms with Gasteiger partial charge in [0.05, 0.1) is 12.2 Å². The van der Waals surface area contributed by atoms with E-state index < -0.39 is 0 Å². The number of rotatable bonds is 4. The van der Waals surface area contributed by atoms with Crippen LogP contribution in [0.1, 0.15) is 43.5 Å². The second-order valence-corrected chi connectivity index (χ2v) is 7.72. The first-order valence-corrected chi connectivity index (χ1v) is 9.14. The Morgan fingerprint density at radius 1 is 1.36 bits per heavy atom. The Hall–Kier alpha value is -1.73. The molecule has 2 aliphatic rings. The topological polar surface area (TPSA) is 81.6 Å². The summed E-state index contributed by atoms with van der Waals surface area (Å²) in [5.74, 6) is 0.512. The summed E-state index contributed by atoms with van der Waals surface area (Å²) in [5.41, 5.74) is 0.454. The van der Waals surface area contributed by atoms with Crippen LogP contribution in [0.4, 0.5) is 5.95 Å². The highest BCUT2D eigenvalue weighted by atomic mass is 16.3. The molecule has 0 saturated carbocycles. The van der Waals surface area contributed by atoms with Gasteiger partial charge in [0.25, 0.3) is 5.91 Å². The van der Waals surface area contributed by atoms with E-state index in [9.17, 15) is 9.90 Å². The third kappa shape index (κ3) is 3.62. The average molecular weight is 347 g/mol. The third-order valence-corrected chi connectivity index (χ3v) is 5.62. The normalized spacial score (nSPS) is 27.2. The number of piperidine rings is 2. The molecule has 3 rings (SSSR count). The van der Waals surface area contributed by atoms with Crippen LogP contribution in [0.2, 0.25) is 0 Å². The largest absolute Gasteiger partial charge is 0.396 e. The van der Waals surface area contributed by atoms with E-state index >= 15 is 0 Å². The maximum atomic E-state index is 12.9. The number of nitrogens with one attached hydrogen (secondary N) is 1. The van der Waals surface area contributed by atoms with Crippen molar-refractivity contribution >= 4 is 11.9 Å². The van der Waals surface area contributed by atoms with Gasteiger partial charge in [-0.3, -0.25) is 4.79 Å². The standard InChI is InChI=1S/C18H29N5O2/c1-13(2)21-17-19-9-14(10-20-17)16(25)23-8-6-18(12-24)5-4-7-22(3)15(18)11-23/h9-10,13,15,24H,4-8,11-12H2,1-3H3,(H,19,20,21)/t15-,18-/m1/s1. The Labute approximate surface area is 149 Å². The number of aromatic nitrogens is 2. The molecule has 0 spiro atoms. The van der Waals surface area contributed by atoms with Gasteiger partial charge in [0.2, 0.25) is 5.95 Å². The fraction of sp³-hybridized carbons (Fsp3) is 0.722. The van der Waals surface area contributed by atoms with E-state index in [1.54, 1.807) is 12.4 Å². The van der Waals surface area contributed by atoms with Crippen LogP contribution in [-0.4, -0.2) is 76.2 Å². The summed E-state index contributed by atoms with van der Waals surface area (Å²) in [5, 5.41) is 13.1. The number of likely N-dealkylation sites (tertiary alicyclic amines) is 2. The second kappa shape index (κ2) is 7.25. The van der Waals surface area contributed by atoms with Gasteiger partial charge in [-0.15, -0.1) is 0 Å². The van der Waals surface area contributed by atoms with E-state index in [-0.39, 0.29) is 30.0 Å². The fourth-order valence-electron chi connectivity index (χ4n) is 4.15. The lowest BCUT2D eigenvalue weighted by Gasteiger charge is -2.53. The zero-order valence-electron chi connectivity index (χ0n) is 15.4. The van der Waals surface area contributed by atoms with E-state index in [0.29, 0.717) is 24.6 Å². The molecule has 0 aliphatic carbocycles. The maximum absolute atomic E-state index is 12.9. The Morgan fingerprint density at radius 2 is 2.08 bits per heavy atom. The number of hydrogen-bond acceptors (Lipinski definition) is 6. The van der Waals surface area contributed by atoms with Gasteiger partial charge in [-0.2, -0.15) is 0 Å². The van der Waals surface area contributed by atoms with Gasteiger partial charge in [-0.1, -0.05) is 0 Å². The summed E-state index contributed by atoms with van der Waals surface area (Å²) < 4.78 is 0. The number of carbonyl (C=O) groups is 1. The SMILES string of the molecule is CC(C)Nc1ncc(C(=O)N2CC[C@@]3(CO)CCCN(C)[C@@H]3C2)cn1. The molecule has 1 aromatic heterocycles. The lowest BCUT2D eigenvalue weighted by Crippen LogP contribution is -2.62. The maximum Gasteiger partial charge on any atom is 0.257 e. The minimum absolute atomic E-state index is 0.0263. The predicted octanol–water partition coefficient (Wildman–Crippen LogP) is 1.22. The molecule has 2 fully saturated rings. The van der Waals surface area contributed by atoms with Crippen LogP contribution in [0.15, 0.2) is 12.4 Å². The number of amides is 1. The molecule has 1 aromatic rings. The average Bonchev–Trinajstić information content (AvgIpc) is 2.61. The lowest BCUT2D eigenvalue weighted by molar-refractivity contribution is -0.0601. The Kier molecular flexibility index (Phi) is 5.24. The molecule has 0 radical (unpaired) electrons. The molecule has 138 valence electrons. The van der Waals surface area contributed by atoms with Crippen molar-refractivity contribution in [2.75, 3.05) is 38.6 Å². The van der Waals surface area contributed by atoms with Gasteiger partial charge in [0.15, 0.2) is 0 Å². The molecule has 2 aliphatic heterocycles. The first-order chi connectivity index (χ1) is 11.9. The van der Waals surface area contributed by atoms with Crippen molar-refractivity contribution < 1.29 is 9.90 Å². The summed E-state index contributed by atoms with van der Waals surface area (Å²) in [4.78, 5) is 25.5. The van der Waals surface area contributed by atoms with Crippen LogP contribution in [0, 0.1) is 5.41 Å². The van der Waals surface area contributed by atoms with Gasteiger partial charge in [-0.25, -0.2) is 9.97 Å². The van der Waals surface area contributed by atoms with Crippen molar-refractivity contribution in [2.24, 2.45) is 5.41 Å². The van der Waals surface area contributed by atoms with Crippen LogP contribution in [0.3, 0.4) is 0 Å². The number of carbonyl (C=O) groups excluding carboxylic acids is 1. The van der Waals surface area contributed by atoms with Crippen molar-refractivity contribution in [3.8, 4) is 0 Å². The fourth-order valence-corrected chi connectivity index (χ4v) is 4.15. The molecular weight excluding hydrogens is 318 g/mol. The van der Waals surface area contributed by atoms with Crippen LogP contribution in [-0.2, 0) is 0 Å². The van der Waals surface area contributed by atoms with Crippen molar-refractivity contribution in [3.05, 3.63) is 18.0 Å². The summed E-state index contributed by atoms with van der Waals surface area (Å²) in [6.45, 7) is 6.59. The molecular formula is C18H29N5O2. The zero-order chi connectivity index (χ0) is 18.0. The molecule has 7 heteroatoms. The molecule has 3 heterocycles. The van der Waals surface area contributed by atoms with Crippen LogP contribution in [0.5, 0.6) is 0 Å². The monoisotopic (exact) mass is 347 g/mol. The number of fused-ring (bicyclic) bond motifs is 1. The third-order valence-electron chi connectivity index (χ3n) is 5.62. The van der Waals surface area contributed by atoms with E-state index in [4.69, 9.17) is 0 Å². The Balaban J connectivity index is 1.71. The molecule has 0 bridgehead atoms. The summed E-state index contributed by atoms with van der Waals surface area (Å²) in [6.07, 6.45) is 6.19. The molecule has 2 saturated heterocycles. The van der Waals surface area contributed by atoms with Gasteiger partial charge >= 0.3 is 0 Å². The van der Waals surface area contributed by atoms with Crippen LogP contribution >= 0.6 is 0 Å². The summed E-state index contributed by atoms with van der Waals surface area (Å²) >= 11 is 0. The molecule has 0 unspecified atom stereocenters. The second-order valence-electron chi connectivity index (χ2n) is 7.72. The van der Waals surface area contributed by atoms with E-state index in [2.05, 4.69) is 27.2 Å². The van der Waals surface area contributed by atoms with Gasteiger partial charge < -0.3 is 20.2 Å². The number of aliphatic hydroxyl groups is 1. The van der Waals surface area contributed by atoms with Crippen molar-refractivity contribution in [2.45, 2.75) is 45.2 Å². The molecule has 0 aromatic carbocycles. The number of nitrogens with zero attached hydrogens (tertiary/aromatic N) is 4. The number of likely N-dealkylation sites (N-methyl/N-ethyl adjacent to an activating group) is 1. The predicted molar refractivity (Wildman–Crippen MR) is 96.5 cm³/mol. The Bertz CT molecular complexity index is 606. The first kappa shape index (κ1) is 18.1. The van der Waals surface area contributed by atoms with Crippen LogP contribution in [0.25, 0.3) is 0 Å². The highest BCUT2D eigenvalue weighted by molar-refractivity contribution is 5.93. The molecule has 1 amide bonds. The molecule has 2 N–H and O–H groups in total. The zero-order valence-corrected chi connectivity index (χ0v) is 15.4. The highest BCUT2D eigenvalue weighted by Gasteiger charge is 2.47. The van der Waals surface area contributed by atoms with Crippen molar-refractivity contribution in [3.63, 3.8) is 0 Å². The van der Waals surface area contributed by atoms with Crippen molar-refractivity contribution in [1.82, 2.24) is 19.8 Å². The minimum atomic E-state index is -0.0642. The van der Waals surface area contributed by atoms with E-state index in [1.807, 2.05) is 18.7 Å². The smallest absolute Gasteiger partial charge is 0.257 e. The quantitative estimate of drug-likeness (QED) is 0.852. The summed E-state index contributed by atoms with van der Waals surface area (Å²) in [7, 11) is 2.09. The number of aliphatic hydroxyl groups excluding tert-OH is 1. The first-order valence-electron chi connectivity index (χ1n) is 9.14. The van der Waals surface area contributed by atoms with Gasteiger partial charge in [-0.05, 0) is 46.7 Å². The summed E-state index contributed by atoms with van der Waals surface area (Å²) in [6, 6.07) is 0.462. The lowest BCUT2D eigenvalue weighted by atomic mass is 9.69. The van der Waals surface area contributed by atoms with Gasteiger partial charge in [0.1, 0.15) is 0 Å². The molecule has 7 nitrogen and oxygen atoms in total. The number of hydrogen-bond donors (Lipinski definition) is 2. The highest BCUT2D eigenvalue weighted by Crippen LogP contribution is 2.41. The van der Waals surface area contributed by atoms with Crippen molar-refractivity contribution in [1.29, 1.82) is 0 Å². The number of anilines is 1.